The van der Waals surface area contributed by atoms with Gasteiger partial charge in [0.1, 0.15) is 11.3 Å². The van der Waals surface area contributed by atoms with Crippen LogP contribution < -0.4 is 34.3 Å². The molecule has 0 spiro atoms. The summed E-state index contributed by atoms with van der Waals surface area (Å²) < 4.78 is 41.9. The Labute approximate surface area is 153 Å². The van der Waals surface area contributed by atoms with E-state index in [0.29, 0.717) is 17.9 Å². The van der Waals surface area contributed by atoms with Crippen molar-refractivity contribution in [1.29, 1.82) is 0 Å². The van der Waals surface area contributed by atoms with Crippen LogP contribution in [0.25, 0.3) is 0 Å². The molecule has 0 N–H and O–H groups in total. The SMILES string of the molecule is CCCCOC(=O)c1ccccc1OCCCS(=O)(=O)[O-].[Na+]. The van der Waals surface area contributed by atoms with E-state index < -0.39 is 21.8 Å². The Bertz CT molecular complexity index is 558. The Kier molecular flexibility index (Phi) is 10.7. The summed E-state index contributed by atoms with van der Waals surface area (Å²) in [5.74, 6) is -0.645. The van der Waals surface area contributed by atoms with Gasteiger partial charge in [0.25, 0.3) is 0 Å². The molecule has 0 bridgehead atoms. The van der Waals surface area contributed by atoms with Gasteiger partial charge in [0.05, 0.1) is 23.3 Å². The molecule has 0 aliphatic carbocycles. The summed E-state index contributed by atoms with van der Waals surface area (Å²) in [7, 11) is -4.24. The van der Waals surface area contributed by atoms with Crippen LogP contribution >= 0.6 is 0 Å². The first-order valence-electron chi connectivity index (χ1n) is 6.76. The zero-order valence-corrected chi connectivity index (χ0v) is 15.7. The van der Waals surface area contributed by atoms with Crippen molar-refractivity contribution < 1.29 is 56.8 Å². The molecule has 0 radical (unpaired) electrons. The van der Waals surface area contributed by atoms with Crippen molar-refractivity contribution in [3.05, 3.63) is 29.8 Å². The van der Waals surface area contributed by atoms with Gasteiger partial charge in [-0.05, 0) is 25.0 Å². The first kappa shape index (κ1) is 21.4. The number of carbonyl (C=O) groups is 1. The third-order valence-corrected chi connectivity index (χ3v) is 3.42. The van der Waals surface area contributed by atoms with Gasteiger partial charge in [0, 0.05) is 5.75 Å². The Morgan fingerprint density at radius 1 is 1.18 bits per heavy atom. The summed E-state index contributed by atoms with van der Waals surface area (Å²) in [6, 6.07) is 6.56. The van der Waals surface area contributed by atoms with E-state index in [0.717, 1.165) is 12.8 Å². The largest absolute Gasteiger partial charge is 1.00 e. The summed E-state index contributed by atoms with van der Waals surface area (Å²) in [6.45, 7) is 2.38. The van der Waals surface area contributed by atoms with Crippen molar-refractivity contribution in [2.24, 2.45) is 0 Å². The number of ether oxygens (including phenoxy) is 2. The molecular formula is C14H19NaO6S. The summed E-state index contributed by atoms with van der Waals surface area (Å²) >= 11 is 0. The smallest absolute Gasteiger partial charge is 0.748 e. The maximum Gasteiger partial charge on any atom is 1.00 e. The van der Waals surface area contributed by atoms with Crippen LogP contribution in [0, 0.1) is 0 Å². The van der Waals surface area contributed by atoms with Crippen LogP contribution in [-0.4, -0.2) is 37.9 Å². The number of benzene rings is 1. The van der Waals surface area contributed by atoms with Gasteiger partial charge < -0.3 is 14.0 Å². The normalized spacial score (nSPS) is 10.6. The van der Waals surface area contributed by atoms with Crippen LogP contribution in [0.2, 0.25) is 0 Å². The second-order valence-corrected chi connectivity index (χ2v) is 5.97. The fourth-order valence-electron chi connectivity index (χ4n) is 1.57. The Morgan fingerprint density at radius 3 is 2.50 bits per heavy atom. The summed E-state index contributed by atoms with van der Waals surface area (Å²) in [4.78, 5) is 11.9. The minimum atomic E-state index is -4.24. The second kappa shape index (κ2) is 11.0. The summed E-state index contributed by atoms with van der Waals surface area (Å²) in [6.07, 6.45) is 1.79. The molecule has 0 unspecified atom stereocenters. The quantitative estimate of drug-likeness (QED) is 0.247. The van der Waals surface area contributed by atoms with E-state index in [2.05, 4.69) is 0 Å². The van der Waals surface area contributed by atoms with E-state index in [4.69, 9.17) is 9.47 Å². The van der Waals surface area contributed by atoms with E-state index in [1.807, 2.05) is 6.92 Å². The van der Waals surface area contributed by atoms with E-state index in [9.17, 15) is 17.8 Å². The van der Waals surface area contributed by atoms with E-state index >= 15 is 0 Å². The van der Waals surface area contributed by atoms with E-state index in [1.54, 1.807) is 24.3 Å². The maximum atomic E-state index is 11.9. The van der Waals surface area contributed by atoms with Crippen molar-refractivity contribution in [2.45, 2.75) is 26.2 Å². The van der Waals surface area contributed by atoms with Crippen LogP contribution in [0.3, 0.4) is 0 Å². The zero-order chi connectivity index (χ0) is 15.7. The summed E-state index contributed by atoms with van der Waals surface area (Å²) in [5, 5.41) is 0. The van der Waals surface area contributed by atoms with Crippen molar-refractivity contribution in [2.75, 3.05) is 19.0 Å². The molecule has 0 aliphatic heterocycles. The minimum Gasteiger partial charge on any atom is -0.748 e. The predicted octanol–water partition coefficient (Wildman–Crippen LogP) is -1.04. The van der Waals surface area contributed by atoms with Crippen molar-refractivity contribution in [1.82, 2.24) is 0 Å². The average Bonchev–Trinajstić information content (AvgIpc) is 2.43. The van der Waals surface area contributed by atoms with Gasteiger partial charge in [0.2, 0.25) is 0 Å². The standard InChI is InChI=1S/C14H20O6S.Na/c1-2-3-9-20-14(15)12-7-4-5-8-13(12)19-10-6-11-21(16,17)18;/h4-5,7-8H,2-3,6,9-11H2,1H3,(H,16,17,18);/q;+1/p-1. The summed E-state index contributed by atoms with van der Waals surface area (Å²) in [5.41, 5.74) is 0.290. The Balaban J connectivity index is 0.00000441. The molecule has 0 fully saturated rings. The number of hydrogen-bond donors (Lipinski definition) is 0. The fraction of sp³-hybridized carbons (Fsp3) is 0.500. The fourth-order valence-corrected chi connectivity index (χ4v) is 2.04. The molecule has 1 rings (SSSR count). The number of rotatable bonds is 9. The predicted molar refractivity (Wildman–Crippen MR) is 76.3 cm³/mol. The molecule has 1 aromatic carbocycles. The monoisotopic (exact) mass is 338 g/mol. The molecule has 118 valence electrons. The maximum absolute atomic E-state index is 11.9. The van der Waals surface area contributed by atoms with Gasteiger partial charge in [-0.1, -0.05) is 25.5 Å². The van der Waals surface area contributed by atoms with Crippen LogP contribution in [0.5, 0.6) is 5.75 Å². The third-order valence-electron chi connectivity index (χ3n) is 2.63. The van der Waals surface area contributed by atoms with E-state index in [1.165, 1.54) is 0 Å². The van der Waals surface area contributed by atoms with Gasteiger partial charge >= 0.3 is 35.5 Å². The van der Waals surface area contributed by atoms with Crippen LogP contribution in [0.4, 0.5) is 0 Å². The zero-order valence-electron chi connectivity index (χ0n) is 12.9. The van der Waals surface area contributed by atoms with Crippen molar-refractivity contribution >= 4 is 16.1 Å². The van der Waals surface area contributed by atoms with Gasteiger partial charge in [-0.2, -0.15) is 0 Å². The molecular weight excluding hydrogens is 319 g/mol. The number of unbranched alkanes of at least 4 members (excludes halogenated alkanes) is 1. The van der Waals surface area contributed by atoms with Gasteiger partial charge in [-0.25, -0.2) is 13.2 Å². The first-order valence-corrected chi connectivity index (χ1v) is 8.34. The van der Waals surface area contributed by atoms with Crippen LogP contribution in [-0.2, 0) is 14.9 Å². The molecule has 0 atom stereocenters. The Hall–Kier alpha value is -0.600. The van der Waals surface area contributed by atoms with Crippen LogP contribution in [0.15, 0.2) is 24.3 Å². The molecule has 1 aromatic rings. The molecule has 0 saturated heterocycles. The van der Waals surface area contributed by atoms with Crippen LogP contribution in [0.1, 0.15) is 36.5 Å². The molecule has 0 aliphatic rings. The number of esters is 1. The van der Waals surface area contributed by atoms with Crippen molar-refractivity contribution in [3.8, 4) is 5.75 Å². The van der Waals surface area contributed by atoms with Crippen molar-refractivity contribution in [3.63, 3.8) is 0 Å². The number of hydrogen-bond acceptors (Lipinski definition) is 6. The third kappa shape index (κ3) is 8.75. The average molecular weight is 338 g/mol. The molecule has 0 amide bonds. The molecule has 6 nitrogen and oxygen atoms in total. The van der Waals surface area contributed by atoms with Gasteiger partial charge in [0.15, 0.2) is 0 Å². The molecule has 8 heteroatoms. The number of carbonyl (C=O) groups excluding carboxylic acids is 1. The molecule has 0 heterocycles. The van der Waals surface area contributed by atoms with Gasteiger partial charge in [-0.15, -0.1) is 0 Å². The number of para-hydroxylation sites is 1. The Morgan fingerprint density at radius 2 is 1.86 bits per heavy atom. The molecule has 0 aromatic heterocycles. The first-order chi connectivity index (χ1) is 9.94. The van der Waals surface area contributed by atoms with Gasteiger partial charge in [-0.3, -0.25) is 0 Å². The molecule has 22 heavy (non-hydrogen) atoms. The van der Waals surface area contributed by atoms with E-state index in [-0.39, 0.29) is 42.6 Å². The minimum absolute atomic E-state index is 0. The molecule has 0 saturated carbocycles. The second-order valence-electron chi connectivity index (χ2n) is 4.45. The topological polar surface area (TPSA) is 92.7 Å².